The normalized spacial score (nSPS) is 10.3. The van der Waals surface area contributed by atoms with Crippen LogP contribution in [0.5, 0.6) is 5.75 Å². The summed E-state index contributed by atoms with van der Waals surface area (Å²) in [4.78, 5) is 12.2. The lowest BCUT2D eigenvalue weighted by atomic mass is 10.0. The predicted octanol–water partition coefficient (Wildman–Crippen LogP) is 2.80. The Morgan fingerprint density at radius 3 is 2.70 bits per heavy atom. The number of benzene rings is 2. The summed E-state index contributed by atoms with van der Waals surface area (Å²) in [6.45, 7) is 0.481. The molecule has 2 aromatic carbocycles. The highest BCUT2D eigenvalue weighted by atomic mass is 35.5. The van der Waals surface area contributed by atoms with Crippen molar-refractivity contribution in [3.63, 3.8) is 0 Å². The van der Waals surface area contributed by atoms with E-state index >= 15 is 0 Å². The molecule has 0 unspecified atom stereocenters. The zero-order valence-electron chi connectivity index (χ0n) is 10.8. The second-order valence-corrected chi connectivity index (χ2v) is 4.72. The van der Waals surface area contributed by atoms with E-state index in [4.69, 9.17) is 17.3 Å². The Kier molecular flexibility index (Phi) is 4.61. The molecule has 2 aromatic rings. The first-order valence-electron chi connectivity index (χ1n) is 6.19. The molecule has 0 saturated carbocycles. The van der Waals surface area contributed by atoms with Crippen LogP contribution in [0, 0.1) is 0 Å². The number of rotatable bonds is 4. The number of nitrogens with one attached hydrogen (secondary N) is 1. The van der Waals surface area contributed by atoms with E-state index in [1.54, 1.807) is 18.2 Å². The highest BCUT2D eigenvalue weighted by Gasteiger charge is 2.11. The van der Waals surface area contributed by atoms with Crippen molar-refractivity contribution in [1.82, 2.24) is 0 Å². The van der Waals surface area contributed by atoms with Crippen LogP contribution in [-0.2, 0) is 6.42 Å². The van der Waals surface area contributed by atoms with Gasteiger partial charge in [0.2, 0.25) is 0 Å². The highest BCUT2D eigenvalue weighted by Crippen LogP contribution is 2.26. The molecule has 0 radical (unpaired) electrons. The number of nitrogens with two attached hydrogens (primary N) is 1. The van der Waals surface area contributed by atoms with E-state index in [9.17, 15) is 9.90 Å². The fourth-order valence-corrected chi connectivity index (χ4v) is 2.08. The van der Waals surface area contributed by atoms with Gasteiger partial charge in [-0.15, -0.1) is 0 Å². The fourth-order valence-electron chi connectivity index (χ4n) is 1.90. The van der Waals surface area contributed by atoms with Gasteiger partial charge in [-0.2, -0.15) is 0 Å². The second kappa shape index (κ2) is 6.41. The van der Waals surface area contributed by atoms with Crippen molar-refractivity contribution in [2.75, 3.05) is 11.9 Å². The van der Waals surface area contributed by atoms with Crippen molar-refractivity contribution >= 4 is 23.2 Å². The first-order valence-corrected chi connectivity index (χ1v) is 6.57. The molecule has 0 aliphatic carbocycles. The van der Waals surface area contributed by atoms with Crippen LogP contribution in [-0.4, -0.2) is 17.6 Å². The minimum absolute atomic E-state index is 0.0202. The molecule has 0 saturated heterocycles. The lowest BCUT2D eigenvalue weighted by molar-refractivity contribution is 0.102. The minimum Gasteiger partial charge on any atom is -0.506 e. The molecule has 5 heteroatoms. The third kappa shape index (κ3) is 3.29. The molecule has 4 N–H and O–H groups in total. The summed E-state index contributed by atoms with van der Waals surface area (Å²) in [7, 11) is 0. The molecular weight excluding hydrogens is 276 g/mol. The van der Waals surface area contributed by atoms with Crippen molar-refractivity contribution in [1.29, 1.82) is 0 Å². The number of phenolic OH excluding ortho intramolecular Hbond substituents is 1. The van der Waals surface area contributed by atoms with Gasteiger partial charge < -0.3 is 16.2 Å². The molecular formula is C15H15ClN2O2. The highest BCUT2D eigenvalue weighted by molar-refractivity contribution is 6.32. The summed E-state index contributed by atoms with van der Waals surface area (Å²) in [5.74, 6) is -0.246. The Labute approximate surface area is 122 Å². The van der Waals surface area contributed by atoms with E-state index in [0.717, 1.165) is 5.56 Å². The molecule has 20 heavy (non-hydrogen) atoms. The van der Waals surface area contributed by atoms with Gasteiger partial charge in [0, 0.05) is 11.3 Å². The Hall–Kier alpha value is -2.04. The number of phenols is 1. The quantitative estimate of drug-likeness (QED) is 0.758. The van der Waals surface area contributed by atoms with Gasteiger partial charge >= 0.3 is 0 Å². The van der Waals surface area contributed by atoms with E-state index in [-0.39, 0.29) is 16.7 Å². The van der Waals surface area contributed by atoms with Crippen LogP contribution in [0.2, 0.25) is 5.02 Å². The maximum Gasteiger partial charge on any atom is 0.255 e. The molecule has 0 aliphatic heterocycles. The van der Waals surface area contributed by atoms with Crippen LogP contribution in [0.3, 0.4) is 0 Å². The molecule has 0 atom stereocenters. The van der Waals surface area contributed by atoms with Crippen LogP contribution in [0.25, 0.3) is 0 Å². The summed E-state index contributed by atoms with van der Waals surface area (Å²) in [5, 5.41) is 12.3. The van der Waals surface area contributed by atoms with Gasteiger partial charge in [0.25, 0.3) is 5.91 Å². The van der Waals surface area contributed by atoms with Crippen LogP contribution in [0.15, 0.2) is 42.5 Å². The summed E-state index contributed by atoms with van der Waals surface area (Å²) < 4.78 is 0. The van der Waals surface area contributed by atoms with Gasteiger partial charge in [0.15, 0.2) is 0 Å². The van der Waals surface area contributed by atoms with Gasteiger partial charge in [-0.1, -0.05) is 29.8 Å². The molecule has 4 nitrogen and oxygen atoms in total. The van der Waals surface area contributed by atoms with E-state index < -0.39 is 0 Å². The Balaban J connectivity index is 2.21. The predicted molar refractivity (Wildman–Crippen MR) is 80.3 cm³/mol. The van der Waals surface area contributed by atoms with Crippen molar-refractivity contribution in [3.8, 4) is 5.75 Å². The molecule has 2 rings (SSSR count). The molecule has 0 spiro atoms. The number of carbonyl (C=O) groups excluding carboxylic acids is 1. The molecule has 0 heterocycles. The minimum atomic E-state index is -0.226. The summed E-state index contributed by atoms with van der Waals surface area (Å²) in [5.41, 5.74) is 7.56. The van der Waals surface area contributed by atoms with E-state index in [1.165, 1.54) is 12.1 Å². The molecule has 0 fully saturated rings. The number of carbonyl (C=O) groups is 1. The first kappa shape index (κ1) is 14.4. The Bertz CT molecular complexity index is 629. The summed E-state index contributed by atoms with van der Waals surface area (Å²) in [6, 6.07) is 11.8. The number of hydrogen-bond acceptors (Lipinski definition) is 3. The van der Waals surface area contributed by atoms with Crippen molar-refractivity contribution in [2.45, 2.75) is 6.42 Å². The second-order valence-electron chi connectivity index (χ2n) is 4.32. The Morgan fingerprint density at radius 2 is 2.00 bits per heavy atom. The van der Waals surface area contributed by atoms with Crippen molar-refractivity contribution < 1.29 is 9.90 Å². The topological polar surface area (TPSA) is 75.4 Å². The number of amides is 1. The van der Waals surface area contributed by atoms with Crippen LogP contribution in [0.4, 0.5) is 5.69 Å². The van der Waals surface area contributed by atoms with Gasteiger partial charge in [0.1, 0.15) is 5.75 Å². The average Bonchev–Trinajstić information content (AvgIpc) is 2.44. The van der Waals surface area contributed by atoms with E-state index in [0.29, 0.717) is 24.2 Å². The number of aromatic hydroxyl groups is 1. The largest absolute Gasteiger partial charge is 0.506 e. The Morgan fingerprint density at radius 1 is 1.25 bits per heavy atom. The van der Waals surface area contributed by atoms with Crippen molar-refractivity contribution in [2.24, 2.45) is 5.73 Å². The van der Waals surface area contributed by atoms with Crippen LogP contribution < -0.4 is 11.1 Å². The summed E-state index contributed by atoms with van der Waals surface area (Å²) >= 11 is 5.81. The molecule has 104 valence electrons. The molecule has 0 bridgehead atoms. The van der Waals surface area contributed by atoms with Crippen molar-refractivity contribution in [3.05, 3.63) is 58.6 Å². The number of halogens is 1. The molecule has 0 aromatic heterocycles. The van der Waals surface area contributed by atoms with E-state index in [2.05, 4.69) is 5.32 Å². The number of anilines is 1. The van der Waals surface area contributed by atoms with Gasteiger partial charge in [-0.05, 0) is 42.8 Å². The first-order chi connectivity index (χ1) is 9.61. The molecule has 0 aliphatic rings. The smallest absolute Gasteiger partial charge is 0.255 e. The SMILES string of the molecule is NCCc1ccccc1C(=O)Nc1ccc(O)c(Cl)c1. The fraction of sp³-hybridized carbons (Fsp3) is 0.133. The lowest BCUT2D eigenvalue weighted by Crippen LogP contribution is -2.15. The van der Waals surface area contributed by atoms with Crippen LogP contribution in [0.1, 0.15) is 15.9 Å². The van der Waals surface area contributed by atoms with E-state index in [1.807, 2.05) is 12.1 Å². The van der Waals surface area contributed by atoms with Gasteiger partial charge in [0.05, 0.1) is 5.02 Å². The maximum atomic E-state index is 12.2. The lowest BCUT2D eigenvalue weighted by Gasteiger charge is -2.10. The van der Waals surface area contributed by atoms with Gasteiger partial charge in [-0.3, -0.25) is 4.79 Å². The maximum absolute atomic E-state index is 12.2. The monoisotopic (exact) mass is 290 g/mol. The summed E-state index contributed by atoms with van der Waals surface area (Å²) in [6.07, 6.45) is 0.639. The van der Waals surface area contributed by atoms with Crippen LogP contribution >= 0.6 is 11.6 Å². The zero-order valence-corrected chi connectivity index (χ0v) is 11.5. The third-order valence-corrected chi connectivity index (χ3v) is 3.18. The number of hydrogen-bond donors (Lipinski definition) is 3. The zero-order chi connectivity index (χ0) is 14.5. The van der Waals surface area contributed by atoms with Gasteiger partial charge in [-0.25, -0.2) is 0 Å². The standard InChI is InChI=1S/C15H15ClN2O2/c16-13-9-11(5-6-14(13)19)18-15(20)12-4-2-1-3-10(12)7-8-17/h1-6,9,19H,7-8,17H2,(H,18,20). The molecule has 1 amide bonds. The average molecular weight is 291 g/mol. The third-order valence-electron chi connectivity index (χ3n) is 2.88.